The number of amides is 1. The van der Waals surface area contributed by atoms with Crippen molar-refractivity contribution in [1.82, 2.24) is 0 Å². The van der Waals surface area contributed by atoms with Crippen LogP contribution in [-0.4, -0.2) is 24.7 Å². The highest BCUT2D eigenvalue weighted by molar-refractivity contribution is 7.98. The molecule has 5 rings (SSSR count). The lowest BCUT2D eigenvalue weighted by atomic mass is 9.98. The minimum Gasteiger partial charge on any atom is -0.462 e. The average molecular weight is 472 g/mol. The second-order valence-corrected chi connectivity index (χ2v) is 8.67. The van der Waals surface area contributed by atoms with Crippen LogP contribution < -0.4 is 10.3 Å². The van der Waals surface area contributed by atoms with Crippen LogP contribution in [0, 0.1) is 0 Å². The van der Waals surface area contributed by atoms with Gasteiger partial charge in [0.05, 0.1) is 29.2 Å². The molecule has 0 unspecified atom stereocenters. The Kier molecular flexibility index (Phi) is 5.71. The maximum atomic E-state index is 13.6. The fourth-order valence-electron chi connectivity index (χ4n) is 4.26. The monoisotopic (exact) mass is 471 g/mol. The van der Waals surface area contributed by atoms with E-state index in [-0.39, 0.29) is 17.8 Å². The molecule has 7 heteroatoms. The fourth-order valence-corrected chi connectivity index (χ4v) is 4.67. The van der Waals surface area contributed by atoms with E-state index in [4.69, 9.17) is 9.15 Å². The highest BCUT2D eigenvalue weighted by Gasteiger charge is 2.43. The minimum absolute atomic E-state index is 0.0390. The van der Waals surface area contributed by atoms with E-state index in [0.29, 0.717) is 27.8 Å². The fraction of sp³-hybridized carbons (Fsp3) is 0.148. The van der Waals surface area contributed by atoms with E-state index >= 15 is 0 Å². The van der Waals surface area contributed by atoms with E-state index < -0.39 is 17.9 Å². The largest absolute Gasteiger partial charge is 0.462 e. The van der Waals surface area contributed by atoms with E-state index in [1.165, 1.54) is 0 Å². The molecule has 170 valence electrons. The molecular formula is C27H21NO5S. The molecule has 0 aliphatic carbocycles. The van der Waals surface area contributed by atoms with Gasteiger partial charge >= 0.3 is 5.97 Å². The number of thioether (sulfide) groups is 1. The Hall–Kier alpha value is -3.84. The summed E-state index contributed by atoms with van der Waals surface area (Å²) in [5, 5.41) is 0.430. The van der Waals surface area contributed by atoms with Crippen molar-refractivity contribution >= 4 is 40.3 Å². The molecule has 3 aromatic carbocycles. The Labute approximate surface area is 200 Å². The van der Waals surface area contributed by atoms with Gasteiger partial charge in [-0.3, -0.25) is 14.5 Å². The van der Waals surface area contributed by atoms with Crippen LogP contribution in [0.15, 0.2) is 86.9 Å². The van der Waals surface area contributed by atoms with Crippen LogP contribution >= 0.6 is 11.8 Å². The second kappa shape index (κ2) is 8.83. The van der Waals surface area contributed by atoms with E-state index in [1.54, 1.807) is 72.1 Å². The molecule has 1 amide bonds. The quantitative estimate of drug-likeness (QED) is 0.285. The third-order valence-corrected chi connectivity index (χ3v) is 6.61. The van der Waals surface area contributed by atoms with Gasteiger partial charge in [0.25, 0.3) is 5.91 Å². The summed E-state index contributed by atoms with van der Waals surface area (Å²) in [6.07, 6.45) is 1.99. The predicted octanol–water partition coefficient (Wildman–Crippen LogP) is 5.44. The zero-order valence-electron chi connectivity index (χ0n) is 18.6. The summed E-state index contributed by atoms with van der Waals surface area (Å²) in [6.45, 7) is 2.02. The number of hydrogen-bond donors (Lipinski definition) is 0. The molecule has 0 saturated carbocycles. The van der Waals surface area contributed by atoms with Crippen LogP contribution in [0.5, 0.6) is 0 Å². The summed E-state index contributed by atoms with van der Waals surface area (Å²) >= 11 is 1.61. The number of anilines is 1. The average Bonchev–Trinajstić information content (AvgIpc) is 3.17. The van der Waals surface area contributed by atoms with Crippen molar-refractivity contribution in [3.63, 3.8) is 0 Å². The van der Waals surface area contributed by atoms with Crippen LogP contribution in [0.3, 0.4) is 0 Å². The molecule has 4 aromatic rings. The van der Waals surface area contributed by atoms with Gasteiger partial charge in [-0.05, 0) is 67.3 Å². The van der Waals surface area contributed by atoms with Crippen LogP contribution in [0.4, 0.5) is 5.69 Å². The lowest BCUT2D eigenvalue weighted by Gasteiger charge is -2.25. The van der Waals surface area contributed by atoms with Gasteiger partial charge in [0.2, 0.25) is 5.76 Å². The Morgan fingerprint density at radius 3 is 2.38 bits per heavy atom. The van der Waals surface area contributed by atoms with Crippen molar-refractivity contribution in [3.05, 3.63) is 105 Å². The Morgan fingerprint density at radius 1 is 1.00 bits per heavy atom. The summed E-state index contributed by atoms with van der Waals surface area (Å²) in [4.78, 5) is 41.9. The van der Waals surface area contributed by atoms with E-state index in [1.807, 2.05) is 30.5 Å². The first-order valence-corrected chi connectivity index (χ1v) is 12.1. The summed E-state index contributed by atoms with van der Waals surface area (Å²) in [7, 11) is 0. The van der Waals surface area contributed by atoms with E-state index in [2.05, 4.69) is 0 Å². The van der Waals surface area contributed by atoms with Gasteiger partial charge in [-0.15, -0.1) is 11.8 Å². The Morgan fingerprint density at radius 2 is 1.71 bits per heavy atom. The lowest BCUT2D eigenvalue weighted by molar-refractivity contribution is 0.0526. The number of fused-ring (bicyclic) bond motifs is 2. The van der Waals surface area contributed by atoms with Gasteiger partial charge in [-0.25, -0.2) is 4.79 Å². The molecule has 6 nitrogen and oxygen atoms in total. The second-order valence-electron chi connectivity index (χ2n) is 7.79. The summed E-state index contributed by atoms with van der Waals surface area (Å²) in [6, 6.07) is 20.6. The number of carbonyl (C=O) groups is 2. The SMILES string of the molecule is CCOC(=O)c1ccc(N2C(=O)c3oc4ccccc4c(=O)c3[C@H]2c2ccc(SC)cc2)cc1. The molecule has 0 radical (unpaired) electrons. The Balaban J connectivity index is 1.68. The maximum absolute atomic E-state index is 13.6. The lowest BCUT2D eigenvalue weighted by Crippen LogP contribution is -2.29. The van der Waals surface area contributed by atoms with Crippen molar-refractivity contribution < 1.29 is 18.7 Å². The normalized spacial score (nSPS) is 14.9. The van der Waals surface area contributed by atoms with Crippen molar-refractivity contribution in [1.29, 1.82) is 0 Å². The van der Waals surface area contributed by atoms with Crippen LogP contribution in [-0.2, 0) is 4.74 Å². The summed E-state index contributed by atoms with van der Waals surface area (Å²) in [5.74, 6) is -0.796. The highest BCUT2D eigenvalue weighted by Crippen LogP contribution is 2.41. The first-order valence-electron chi connectivity index (χ1n) is 10.8. The van der Waals surface area contributed by atoms with Crippen LogP contribution in [0.2, 0.25) is 0 Å². The van der Waals surface area contributed by atoms with Crippen LogP contribution in [0.25, 0.3) is 11.0 Å². The number of ether oxygens (including phenoxy) is 1. The molecule has 0 spiro atoms. The summed E-state index contributed by atoms with van der Waals surface area (Å²) < 4.78 is 11.0. The van der Waals surface area contributed by atoms with Gasteiger partial charge in [0.15, 0.2) is 5.43 Å². The van der Waals surface area contributed by atoms with E-state index in [9.17, 15) is 14.4 Å². The number of nitrogens with zero attached hydrogens (tertiary/aromatic N) is 1. The van der Waals surface area contributed by atoms with Gasteiger partial charge in [-0.1, -0.05) is 24.3 Å². The molecule has 1 aliphatic rings. The molecule has 34 heavy (non-hydrogen) atoms. The number of esters is 1. The molecule has 0 N–H and O–H groups in total. The van der Waals surface area contributed by atoms with Crippen LogP contribution in [0.1, 0.15) is 45.0 Å². The molecule has 0 bridgehead atoms. The molecule has 1 aliphatic heterocycles. The number of hydrogen-bond acceptors (Lipinski definition) is 6. The third kappa shape index (κ3) is 3.58. The topological polar surface area (TPSA) is 76.8 Å². The smallest absolute Gasteiger partial charge is 0.338 e. The Bertz CT molecular complexity index is 1460. The molecular weight excluding hydrogens is 450 g/mol. The zero-order valence-corrected chi connectivity index (χ0v) is 19.4. The number of carbonyl (C=O) groups excluding carboxylic acids is 2. The zero-order chi connectivity index (χ0) is 23.8. The predicted molar refractivity (Wildman–Crippen MR) is 132 cm³/mol. The van der Waals surface area contributed by atoms with Crippen molar-refractivity contribution in [2.45, 2.75) is 17.9 Å². The van der Waals surface area contributed by atoms with Gasteiger partial charge in [0.1, 0.15) is 5.58 Å². The van der Waals surface area contributed by atoms with Gasteiger partial charge in [0, 0.05) is 10.6 Å². The van der Waals surface area contributed by atoms with Gasteiger partial charge < -0.3 is 9.15 Å². The highest BCUT2D eigenvalue weighted by atomic mass is 32.2. The standard InChI is InChI=1S/C27H21NO5S/c1-3-32-27(31)17-8-12-18(13-9-17)28-23(16-10-14-19(34-2)15-11-16)22-24(29)20-6-4-5-7-21(20)33-25(22)26(28)30/h4-15,23H,3H2,1-2H3/t23-/m1/s1. The molecule has 0 saturated heterocycles. The molecule has 2 heterocycles. The van der Waals surface area contributed by atoms with E-state index in [0.717, 1.165) is 10.5 Å². The molecule has 1 atom stereocenters. The molecule has 1 aromatic heterocycles. The van der Waals surface area contributed by atoms with Crippen molar-refractivity contribution in [2.24, 2.45) is 0 Å². The number of para-hydroxylation sites is 1. The molecule has 0 fully saturated rings. The minimum atomic E-state index is -0.660. The van der Waals surface area contributed by atoms with Crippen molar-refractivity contribution in [3.8, 4) is 0 Å². The number of rotatable bonds is 5. The summed E-state index contributed by atoms with van der Waals surface area (Å²) in [5.41, 5.74) is 2.19. The maximum Gasteiger partial charge on any atom is 0.338 e. The number of benzene rings is 3. The third-order valence-electron chi connectivity index (χ3n) is 5.87. The van der Waals surface area contributed by atoms with Gasteiger partial charge in [-0.2, -0.15) is 0 Å². The van der Waals surface area contributed by atoms with Crippen molar-refractivity contribution in [2.75, 3.05) is 17.8 Å². The first kappa shape index (κ1) is 22.0. The first-order chi connectivity index (χ1) is 16.5.